The first kappa shape index (κ1) is 12.7. The van der Waals surface area contributed by atoms with Crippen LogP contribution < -0.4 is 0 Å². The number of carboxylic acids is 1. The number of rotatable bonds is 4. The summed E-state index contributed by atoms with van der Waals surface area (Å²) in [4.78, 5) is 15.1. The molecule has 2 aromatic rings. The van der Waals surface area contributed by atoms with Crippen molar-refractivity contribution in [3.8, 4) is 0 Å². The summed E-state index contributed by atoms with van der Waals surface area (Å²) in [6.45, 7) is 1.66. The maximum Gasteiger partial charge on any atom is 0.304 e. The van der Waals surface area contributed by atoms with Crippen molar-refractivity contribution in [2.75, 3.05) is 0 Å². The molecule has 1 unspecified atom stereocenters. The van der Waals surface area contributed by atoms with Crippen molar-refractivity contribution < 1.29 is 14.3 Å². The standard InChI is InChI=1S/C11H10BrN3O3/c1-6-14-15-11(18-6)8(4-10(16)17)9-3-2-7(12)5-13-9/h2-3,5,8H,4H2,1H3,(H,16,17). The van der Waals surface area contributed by atoms with Gasteiger partial charge in [0.05, 0.1) is 18.0 Å². The summed E-state index contributed by atoms with van der Waals surface area (Å²) in [5, 5.41) is 16.5. The predicted octanol–water partition coefficient (Wildman–Crippen LogP) is 2.14. The van der Waals surface area contributed by atoms with Crippen LogP contribution in [0.1, 0.15) is 29.8 Å². The van der Waals surface area contributed by atoms with Crippen molar-refractivity contribution in [3.63, 3.8) is 0 Å². The van der Waals surface area contributed by atoms with Crippen molar-refractivity contribution in [3.05, 3.63) is 40.3 Å². The fourth-order valence-electron chi connectivity index (χ4n) is 1.54. The lowest BCUT2D eigenvalue weighted by molar-refractivity contribution is -0.137. The van der Waals surface area contributed by atoms with Crippen LogP contribution in [0.4, 0.5) is 0 Å². The molecule has 0 radical (unpaired) electrons. The van der Waals surface area contributed by atoms with Gasteiger partial charge < -0.3 is 9.52 Å². The van der Waals surface area contributed by atoms with E-state index < -0.39 is 11.9 Å². The zero-order valence-electron chi connectivity index (χ0n) is 9.50. The second-order valence-electron chi connectivity index (χ2n) is 3.71. The van der Waals surface area contributed by atoms with Crippen molar-refractivity contribution in [1.82, 2.24) is 15.2 Å². The minimum Gasteiger partial charge on any atom is -0.481 e. The largest absolute Gasteiger partial charge is 0.481 e. The Morgan fingerprint density at radius 2 is 2.28 bits per heavy atom. The highest BCUT2D eigenvalue weighted by atomic mass is 79.9. The molecular weight excluding hydrogens is 302 g/mol. The molecule has 2 rings (SSSR count). The normalized spacial score (nSPS) is 12.3. The van der Waals surface area contributed by atoms with Gasteiger partial charge in [0.2, 0.25) is 11.8 Å². The Hall–Kier alpha value is -1.76. The second-order valence-corrected chi connectivity index (χ2v) is 4.63. The van der Waals surface area contributed by atoms with E-state index in [9.17, 15) is 4.79 Å². The van der Waals surface area contributed by atoms with E-state index in [-0.39, 0.29) is 12.3 Å². The highest BCUT2D eigenvalue weighted by Crippen LogP contribution is 2.26. The summed E-state index contributed by atoms with van der Waals surface area (Å²) in [5.74, 6) is -0.806. The quantitative estimate of drug-likeness (QED) is 0.930. The highest BCUT2D eigenvalue weighted by molar-refractivity contribution is 9.10. The van der Waals surface area contributed by atoms with Gasteiger partial charge in [0.1, 0.15) is 0 Å². The van der Waals surface area contributed by atoms with Crippen LogP contribution in [0, 0.1) is 6.92 Å². The predicted molar refractivity (Wildman–Crippen MR) is 65.1 cm³/mol. The Morgan fingerprint density at radius 3 is 2.78 bits per heavy atom. The van der Waals surface area contributed by atoms with Crippen LogP contribution in [0.25, 0.3) is 0 Å². The third-order valence-corrected chi connectivity index (χ3v) is 2.79. The molecule has 0 saturated carbocycles. The Kier molecular flexibility index (Phi) is 3.71. The van der Waals surface area contributed by atoms with Gasteiger partial charge in [0.25, 0.3) is 0 Å². The molecule has 1 atom stereocenters. The van der Waals surface area contributed by atoms with E-state index in [2.05, 4.69) is 31.1 Å². The van der Waals surface area contributed by atoms with Crippen LogP contribution in [0.2, 0.25) is 0 Å². The number of hydrogen-bond donors (Lipinski definition) is 1. The number of aryl methyl sites for hydroxylation is 1. The molecule has 0 fully saturated rings. The molecule has 1 N–H and O–H groups in total. The smallest absolute Gasteiger partial charge is 0.304 e. The zero-order chi connectivity index (χ0) is 13.1. The summed E-state index contributed by atoms with van der Waals surface area (Å²) >= 11 is 3.28. The maximum absolute atomic E-state index is 10.9. The van der Waals surface area contributed by atoms with Gasteiger partial charge in [0.15, 0.2) is 0 Å². The first-order valence-electron chi connectivity index (χ1n) is 5.19. The first-order chi connectivity index (χ1) is 8.56. The number of aromatic nitrogens is 3. The molecular formula is C11H10BrN3O3. The third kappa shape index (κ3) is 2.92. The van der Waals surface area contributed by atoms with E-state index in [0.29, 0.717) is 11.6 Å². The van der Waals surface area contributed by atoms with E-state index in [1.807, 2.05) is 0 Å². The molecule has 18 heavy (non-hydrogen) atoms. The monoisotopic (exact) mass is 311 g/mol. The lowest BCUT2D eigenvalue weighted by Crippen LogP contribution is -2.10. The molecule has 2 heterocycles. The molecule has 94 valence electrons. The molecule has 0 aliphatic rings. The minimum absolute atomic E-state index is 0.143. The van der Waals surface area contributed by atoms with E-state index in [0.717, 1.165) is 4.47 Å². The fourth-order valence-corrected chi connectivity index (χ4v) is 1.77. The Bertz CT molecular complexity index is 553. The lowest BCUT2D eigenvalue weighted by Gasteiger charge is -2.09. The topological polar surface area (TPSA) is 89.1 Å². The number of halogens is 1. The van der Waals surface area contributed by atoms with Crippen LogP contribution >= 0.6 is 15.9 Å². The molecule has 0 saturated heterocycles. The molecule has 0 aliphatic carbocycles. The summed E-state index contributed by atoms with van der Waals surface area (Å²) < 4.78 is 6.12. The highest BCUT2D eigenvalue weighted by Gasteiger charge is 2.24. The van der Waals surface area contributed by atoms with E-state index in [4.69, 9.17) is 9.52 Å². The summed E-state index contributed by atoms with van der Waals surface area (Å²) in [6.07, 6.45) is 1.46. The average molecular weight is 312 g/mol. The van der Waals surface area contributed by atoms with Gasteiger partial charge in [-0.25, -0.2) is 0 Å². The van der Waals surface area contributed by atoms with Crippen molar-refractivity contribution in [2.45, 2.75) is 19.3 Å². The maximum atomic E-state index is 10.9. The zero-order valence-corrected chi connectivity index (χ0v) is 11.1. The number of pyridine rings is 1. The van der Waals surface area contributed by atoms with Gasteiger partial charge in [-0.05, 0) is 28.1 Å². The van der Waals surface area contributed by atoms with Gasteiger partial charge in [0, 0.05) is 17.6 Å². The number of carboxylic acid groups (broad SMARTS) is 1. The molecule has 0 spiro atoms. The van der Waals surface area contributed by atoms with Crippen molar-refractivity contribution in [1.29, 1.82) is 0 Å². The van der Waals surface area contributed by atoms with E-state index in [1.165, 1.54) is 0 Å². The number of hydrogen-bond acceptors (Lipinski definition) is 5. The van der Waals surface area contributed by atoms with Gasteiger partial charge >= 0.3 is 5.97 Å². The number of aliphatic carboxylic acids is 1. The van der Waals surface area contributed by atoms with Gasteiger partial charge in [-0.3, -0.25) is 9.78 Å². The van der Waals surface area contributed by atoms with Gasteiger partial charge in [-0.15, -0.1) is 10.2 Å². The molecule has 0 aromatic carbocycles. The summed E-state index contributed by atoms with van der Waals surface area (Å²) in [7, 11) is 0. The number of carbonyl (C=O) groups is 1. The second kappa shape index (κ2) is 5.26. The number of nitrogens with zero attached hydrogens (tertiary/aromatic N) is 3. The Labute approximate surface area is 111 Å². The van der Waals surface area contributed by atoms with Crippen LogP contribution in [-0.2, 0) is 4.79 Å². The molecule has 0 bridgehead atoms. The van der Waals surface area contributed by atoms with Crippen LogP contribution in [0.3, 0.4) is 0 Å². The molecule has 2 aromatic heterocycles. The Balaban J connectivity index is 2.36. The lowest BCUT2D eigenvalue weighted by atomic mass is 10.0. The Morgan fingerprint density at radius 1 is 1.50 bits per heavy atom. The summed E-state index contributed by atoms with van der Waals surface area (Å²) in [6, 6.07) is 3.53. The first-order valence-corrected chi connectivity index (χ1v) is 5.99. The van der Waals surface area contributed by atoms with Gasteiger partial charge in [-0.1, -0.05) is 0 Å². The summed E-state index contributed by atoms with van der Waals surface area (Å²) in [5.41, 5.74) is 0.587. The fraction of sp³-hybridized carbons (Fsp3) is 0.273. The van der Waals surface area contributed by atoms with Crippen molar-refractivity contribution in [2.24, 2.45) is 0 Å². The SMILES string of the molecule is Cc1nnc(C(CC(=O)O)c2ccc(Br)cn2)o1. The minimum atomic E-state index is -0.944. The third-order valence-electron chi connectivity index (χ3n) is 2.33. The van der Waals surface area contributed by atoms with E-state index >= 15 is 0 Å². The van der Waals surface area contributed by atoms with Crippen LogP contribution in [0.15, 0.2) is 27.2 Å². The molecule has 0 aliphatic heterocycles. The molecule has 7 heteroatoms. The van der Waals surface area contributed by atoms with Crippen LogP contribution in [-0.4, -0.2) is 26.3 Å². The average Bonchev–Trinajstić information content (AvgIpc) is 2.74. The van der Waals surface area contributed by atoms with Crippen molar-refractivity contribution >= 4 is 21.9 Å². The molecule has 6 nitrogen and oxygen atoms in total. The van der Waals surface area contributed by atoms with E-state index in [1.54, 1.807) is 25.3 Å². The van der Waals surface area contributed by atoms with Gasteiger partial charge in [-0.2, -0.15) is 0 Å². The molecule has 0 amide bonds. The van der Waals surface area contributed by atoms with Crippen LogP contribution in [0.5, 0.6) is 0 Å².